The fraction of sp³-hybridized carbons (Fsp3) is 0.947. The topological polar surface area (TPSA) is 235 Å². The molecule has 0 aliphatic carbocycles. The van der Waals surface area contributed by atoms with Crippen molar-refractivity contribution in [2.75, 3.05) is 33.0 Å². The number of nitrogens with one attached hydrogen (secondary N) is 1. The van der Waals surface area contributed by atoms with E-state index < -0.39 is 88.1 Å². The first-order valence-electron chi connectivity index (χ1n) is 11.3. The van der Waals surface area contributed by atoms with Crippen LogP contribution in [0.25, 0.3) is 0 Å². The van der Waals surface area contributed by atoms with E-state index >= 15 is 0 Å². The lowest BCUT2D eigenvalue weighted by Crippen LogP contribution is -2.60. The molecule has 2 heterocycles. The van der Waals surface area contributed by atoms with Crippen molar-refractivity contribution in [1.82, 2.24) is 4.72 Å². The van der Waals surface area contributed by atoms with E-state index in [-0.39, 0.29) is 31.7 Å². The van der Waals surface area contributed by atoms with Crippen molar-refractivity contribution in [1.29, 1.82) is 0 Å². The molecular weight excluding hydrogens is 530 g/mol. The van der Waals surface area contributed by atoms with Gasteiger partial charge in [-0.05, 0) is 17.8 Å². The van der Waals surface area contributed by atoms with Gasteiger partial charge in [0.15, 0.2) is 6.10 Å². The van der Waals surface area contributed by atoms with Crippen LogP contribution >= 0.6 is 0 Å². The van der Waals surface area contributed by atoms with Gasteiger partial charge in [-0.2, -0.15) is 21.6 Å². The van der Waals surface area contributed by atoms with E-state index in [1.165, 1.54) is 0 Å². The number of aliphatic hydroxyl groups excluding tert-OH is 2. The summed E-state index contributed by atoms with van der Waals surface area (Å²) in [4.78, 5) is 11.6. The van der Waals surface area contributed by atoms with Crippen LogP contribution in [0.2, 0.25) is 0 Å². The van der Waals surface area contributed by atoms with Gasteiger partial charge in [0.25, 0.3) is 0 Å². The summed E-state index contributed by atoms with van der Waals surface area (Å²) in [5.74, 6) is -3.68. The molecule has 10 atom stereocenters. The highest BCUT2D eigenvalue weighted by molar-refractivity contribution is 7.83. The van der Waals surface area contributed by atoms with Gasteiger partial charge in [-0.15, -0.1) is 0 Å². The van der Waals surface area contributed by atoms with Crippen LogP contribution in [0.1, 0.15) is 20.8 Å². The van der Waals surface area contributed by atoms with Crippen LogP contribution in [-0.2, 0) is 43.9 Å². The lowest BCUT2D eigenvalue weighted by atomic mass is 9.76. The van der Waals surface area contributed by atoms with Crippen LogP contribution in [0.5, 0.6) is 0 Å². The summed E-state index contributed by atoms with van der Waals surface area (Å²) in [6, 6.07) is -1.12. The Morgan fingerprint density at radius 1 is 0.833 bits per heavy atom. The Bertz CT molecular complexity index is 942. The monoisotopic (exact) mass is 565 g/mol. The van der Waals surface area contributed by atoms with Crippen LogP contribution in [0.4, 0.5) is 0 Å². The molecule has 6 N–H and O–H groups in total. The third-order valence-electron chi connectivity index (χ3n) is 7.16. The minimum Gasteiger partial charge on any atom is -0.479 e. The first kappa shape index (κ1) is 31.2. The average Bonchev–Trinajstić information content (AvgIpc) is 2.76. The van der Waals surface area contributed by atoms with Gasteiger partial charge in [0.2, 0.25) is 0 Å². The Balaban J connectivity index is 2.17. The Labute approximate surface area is 209 Å². The smallest absolute Gasteiger partial charge is 0.397 e. The van der Waals surface area contributed by atoms with E-state index in [2.05, 4.69) is 4.18 Å². The SMILES string of the molecule is CC1[C@H](COC[C@@H]2C(COS(=O)(=O)O)O[C@H](CO)C(NS(=O)(=O)O)[C@@H]2C)OC(C(=O)O)[C@@H](CO)[C@H]1C. The molecule has 0 spiro atoms. The number of aliphatic hydroxyl groups is 2. The van der Waals surface area contributed by atoms with Gasteiger partial charge in [0, 0.05) is 18.4 Å². The van der Waals surface area contributed by atoms with E-state index in [0.29, 0.717) is 0 Å². The molecule has 15 nitrogen and oxygen atoms in total. The molecule has 2 aliphatic heterocycles. The number of carboxylic acids is 1. The molecule has 0 aromatic heterocycles. The van der Waals surface area contributed by atoms with Gasteiger partial charge < -0.3 is 29.5 Å². The van der Waals surface area contributed by atoms with Gasteiger partial charge in [-0.3, -0.25) is 9.11 Å². The third kappa shape index (κ3) is 8.26. The molecule has 0 aromatic rings. The van der Waals surface area contributed by atoms with E-state index in [9.17, 15) is 41.5 Å². The van der Waals surface area contributed by atoms with E-state index in [0.717, 1.165) is 0 Å². The third-order valence-corrected chi connectivity index (χ3v) is 8.17. The number of rotatable bonds is 12. The minimum absolute atomic E-state index is 0.0810. The van der Waals surface area contributed by atoms with Crippen LogP contribution in [0, 0.1) is 29.6 Å². The van der Waals surface area contributed by atoms with Crippen LogP contribution < -0.4 is 4.72 Å². The zero-order chi connectivity index (χ0) is 27.4. The Kier molecular flexibility index (Phi) is 11.0. The first-order valence-corrected chi connectivity index (χ1v) is 14.1. The van der Waals surface area contributed by atoms with Crippen molar-refractivity contribution >= 4 is 26.7 Å². The Hall–Kier alpha value is -0.990. The van der Waals surface area contributed by atoms with Crippen LogP contribution in [-0.4, -0.2) is 111 Å². The highest BCUT2D eigenvalue weighted by Gasteiger charge is 2.47. The lowest BCUT2D eigenvalue weighted by Gasteiger charge is -2.45. The molecule has 0 amide bonds. The van der Waals surface area contributed by atoms with Gasteiger partial charge >= 0.3 is 26.7 Å². The van der Waals surface area contributed by atoms with Gasteiger partial charge in [-0.1, -0.05) is 20.8 Å². The molecule has 36 heavy (non-hydrogen) atoms. The number of carbonyl (C=O) groups is 1. The van der Waals surface area contributed by atoms with Crippen molar-refractivity contribution in [3.8, 4) is 0 Å². The molecule has 0 saturated carbocycles. The maximum absolute atomic E-state index is 11.6. The van der Waals surface area contributed by atoms with Crippen molar-refractivity contribution in [2.24, 2.45) is 29.6 Å². The quantitative estimate of drug-likeness (QED) is 0.145. The summed E-state index contributed by atoms with van der Waals surface area (Å²) in [6.45, 7) is 3.24. The zero-order valence-electron chi connectivity index (χ0n) is 20.0. The Morgan fingerprint density at radius 2 is 1.47 bits per heavy atom. The highest BCUT2D eigenvalue weighted by Crippen LogP contribution is 2.36. The molecule has 2 fully saturated rings. The maximum atomic E-state index is 11.6. The number of carboxylic acid groups (broad SMARTS) is 1. The normalized spacial score (nSPS) is 38.1. The summed E-state index contributed by atoms with van der Waals surface area (Å²) in [7, 11) is -9.53. The average molecular weight is 566 g/mol. The molecule has 0 radical (unpaired) electrons. The van der Waals surface area contributed by atoms with E-state index in [1.54, 1.807) is 13.8 Å². The Morgan fingerprint density at radius 3 is 1.97 bits per heavy atom. The van der Waals surface area contributed by atoms with Crippen molar-refractivity contribution < 1.29 is 64.4 Å². The summed E-state index contributed by atoms with van der Waals surface area (Å²) in [5.41, 5.74) is 0. The fourth-order valence-corrected chi connectivity index (χ4v) is 5.89. The predicted molar refractivity (Wildman–Crippen MR) is 120 cm³/mol. The molecule has 212 valence electrons. The molecule has 4 unspecified atom stereocenters. The second kappa shape index (κ2) is 12.7. The van der Waals surface area contributed by atoms with Gasteiger partial charge in [0.05, 0.1) is 50.8 Å². The molecule has 17 heteroatoms. The fourth-order valence-electron chi connectivity index (χ4n) is 4.87. The second-order valence-electron chi connectivity index (χ2n) is 9.28. The van der Waals surface area contributed by atoms with Crippen molar-refractivity contribution in [3.05, 3.63) is 0 Å². The number of aliphatic carboxylic acids is 1. The summed E-state index contributed by atoms with van der Waals surface area (Å²) >= 11 is 0. The first-order chi connectivity index (χ1) is 16.6. The molecule has 2 aliphatic rings. The van der Waals surface area contributed by atoms with Crippen LogP contribution in [0.3, 0.4) is 0 Å². The van der Waals surface area contributed by atoms with Gasteiger partial charge in [-0.25, -0.2) is 8.98 Å². The number of hydrogen-bond donors (Lipinski definition) is 6. The zero-order valence-corrected chi connectivity index (χ0v) is 21.7. The van der Waals surface area contributed by atoms with E-state index in [1.807, 2.05) is 11.6 Å². The highest BCUT2D eigenvalue weighted by atomic mass is 32.3. The number of ether oxygens (including phenoxy) is 3. The standard InChI is InChI=1S/C19H35NO14S2/c1-9-10(2)15(34-18(19(23)24)12(9)4-21)7-31-6-13-11(3)17(20-35(25,26)27)14(5-22)33-16(13)8-32-36(28,29)30/h9-18,20-22H,4-8H2,1-3H3,(H,23,24)(H,25,26,27)(H,28,29,30)/t9-,10?,11+,12-,13-,14+,15-,16?,17?,18?/m0/s1. The molecule has 0 bridgehead atoms. The molecule has 2 saturated heterocycles. The predicted octanol–water partition coefficient (Wildman–Crippen LogP) is -1.67. The second-order valence-corrected chi connectivity index (χ2v) is 11.6. The lowest BCUT2D eigenvalue weighted by molar-refractivity contribution is -0.198. The summed E-state index contributed by atoms with van der Waals surface area (Å²) in [5, 5.41) is 28.7. The number of hydrogen-bond acceptors (Lipinski definition) is 11. The summed E-state index contributed by atoms with van der Waals surface area (Å²) < 4.78 is 86.7. The van der Waals surface area contributed by atoms with Crippen LogP contribution in [0.15, 0.2) is 0 Å². The summed E-state index contributed by atoms with van der Waals surface area (Å²) in [6.07, 6.45) is -4.15. The molecular formula is C19H35NO14S2. The van der Waals surface area contributed by atoms with E-state index in [4.69, 9.17) is 18.8 Å². The van der Waals surface area contributed by atoms with Gasteiger partial charge in [0.1, 0.15) is 0 Å². The maximum Gasteiger partial charge on any atom is 0.397 e. The minimum atomic E-state index is -4.83. The largest absolute Gasteiger partial charge is 0.479 e. The molecule has 0 aromatic carbocycles. The van der Waals surface area contributed by atoms with Crippen molar-refractivity contribution in [3.63, 3.8) is 0 Å². The van der Waals surface area contributed by atoms with Crippen molar-refractivity contribution in [2.45, 2.75) is 51.2 Å². The molecule has 2 rings (SSSR count).